The van der Waals surface area contributed by atoms with Crippen molar-refractivity contribution in [2.75, 3.05) is 6.54 Å². The van der Waals surface area contributed by atoms with Gasteiger partial charge < -0.3 is 5.11 Å². The van der Waals surface area contributed by atoms with Crippen molar-refractivity contribution in [3.8, 4) is 0 Å². The van der Waals surface area contributed by atoms with Gasteiger partial charge in [-0.2, -0.15) is 0 Å². The van der Waals surface area contributed by atoms with E-state index in [1.54, 1.807) is 0 Å². The molecule has 0 aromatic carbocycles. The van der Waals surface area contributed by atoms with Crippen LogP contribution in [-0.2, 0) is 0 Å². The number of rotatable bonds is 4. The van der Waals surface area contributed by atoms with E-state index < -0.39 is 5.60 Å². The summed E-state index contributed by atoms with van der Waals surface area (Å²) in [6.07, 6.45) is 0.736. The Balaban J connectivity index is 0. The largest absolute Gasteiger partial charge is 0.384 e. The third-order valence-corrected chi connectivity index (χ3v) is 2.52. The summed E-state index contributed by atoms with van der Waals surface area (Å²) in [5.74, 6) is 0.234. The van der Waals surface area contributed by atoms with Gasteiger partial charge in [0.05, 0.1) is 0 Å². The van der Waals surface area contributed by atoms with Crippen molar-refractivity contribution in [2.24, 2.45) is 10.9 Å². The van der Waals surface area contributed by atoms with Crippen molar-refractivity contribution in [3.05, 3.63) is 0 Å². The molecule has 0 heterocycles. The summed E-state index contributed by atoms with van der Waals surface area (Å²) in [6.45, 7) is 10.7. The van der Waals surface area contributed by atoms with Crippen LogP contribution >= 0.6 is 0 Å². The molecule has 0 fully saturated rings. The third kappa shape index (κ3) is 4.34. The first kappa shape index (κ1) is 16.4. The zero-order valence-electron chi connectivity index (χ0n) is 9.29. The fourth-order valence-corrected chi connectivity index (χ4v) is 1.46. The molecule has 0 aromatic rings. The predicted molar refractivity (Wildman–Crippen MR) is 53.7 cm³/mol. The van der Waals surface area contributed by atoms with Crippen molar-refractivity contribution in [3.63, 3.8) is 0 Å². The average molecular weight is 322 g/mol. The van der Waals surface area contributed by atoms with Gasteiger partial charge in [0.1, 0.15) is 5.60 Å². The molecule has 0 bridgehead atoms. The van der Waals surface area contributed by atoms with Gasteiger partial charge in [0.25, 0.3) is 0 Å². The quantitative estimate of drug-likeness (QED) is 0.792. The Labute approximate surface area is 114 Å². The maximum absolute atomic E-state index is 10.2. The Morgan fingerprint density at radius 2 is 1.85 bits per heavy atom. The molecule has 0 aliphatic carbocycles. The molecule has 0 rings (SSSR count). The van der Waals surface area contributed by atoms with Gasteiger partial charge in [0.15, 0.2) is 0 Å². The van der Waals surface area contributed by atoms with Crippen LogP contribution in [0.2, 0.25) is 0 Å². The maximum atomic E-state index is 10.2. The Morgan fingerprint density at radius 3 is 2.08 bits per heavy atom. The SMILES string of the molecule is CCN=C(C)C(O)(CC)C(C)C.[Sm]. The monoisotopic (exact) mass is 323 g/mol. The number of hydrogen-bond acceptors (Lipinski definition) is 2. The van der Waals surface area contributed by atoms with Crippen LogP contribution in [0.3, 0.4) is 0 Å². The minimum absolute atomic E-state index is 0. The first-order chi connectivity index (χ1) is 5.49. The molecule has 0 aliphatic heterocycles. The van der Waals surface area contributed by atoms with E-state index in [1.807, 2.05) is 34.6 Å². The molecule has 0 radical (unpaired) electrons. The molecule has 3 heteroatoms. The molecule has 0 amide bonds. The second kappa shape index (κ2) is 7.28. The molecule has 0 saturated heterocycles. The van der Waals surface area contributed by atoms with E-state index in [-0.39, 0.29) is 46.3 Å². The van der Waals surface area contributed by atoms with Gasteiger partial charge in [-0.15, -0.1) is 0 Å². The smallest absolute Gasteiger partial charge is 0.104 e. The molecule has 1 N–H and O–H groups in total. The number of nitrogens with zero attached hydrogens (tertiary/aromatic N) is 1. The summed E-state index contributed by atoms with van der Waals surface area (Å²) >= 11 is 0. The number of hydrogen-bond donors (Lipinski definition) is 1. The van der Waals surface area contributed by atoms with Crippen LogP contribution < -0.4 is 0 Å². The van der Waals surface area contributed by atoms with E-state index in [4.69, 9.17) is 0 Å². The Hall–Kier alpha value is 0.968. The summed E-state index contributed by atoms with van der Waals surface area (Å²) in [5, 5.41) is 10.2. The van der Waals surface area contributed by atoms with Gasteiger partial charge in [-0.05, 0) is 26.2 Å². The second-order valence-corrected chi connectivity index (χ2v) is 3.49. The van der Waals surface area contributed by atoms with Crippen molar-refractivity contribution < 1.29 is 45.5 Å². The molecule has 0 aromatic heterocycles. The summed E-state index contributed by atoms with van der Waals surface area (Å²) < 4.78 is 0. The minimum Gasteiger partial charge on any atom is -0.384 e. The topological polar surface area (TPSA) is 32.6 Å². The normalized spacial score (nSPS) is 16.7. The van der Waals surface area contributed by atoms with Gasteiger partial charge >= 0.3 is 0 Å². The summed E-state index contributed by atoms with van der Waals surface area (Å²) in [4.78, 5) is 4.26. The van der Waals surface area contributed by atoms with Crippen LogP contribution in [0.25, 0.3) is 0 Å². The Morgan fingerprint density at radius 1 is 1.38 bits per heavy atom. The van der Waals surface area contributed by atoms with Crippen LogP contribution in [-0.4, -0.2) is 23.0 Å². The molecule has 78 valence electrons. The second-order valence-electron chi connectivity index (χ2n) is 3.49. The van der Waals surface area contributed by atoms with Gasteiger partial charge in [-0.25, -0.2) is 0 Å². The zero-order valence-corrected chi connectivity index (χ0v) is 11.9. The molecule has 13 heavy (non-hydrogen) atoms. The van der Waals surface area contributed by atoms with E-state index in [1.165, 1.54) is 0 Å². The fourth-order valence-electron chi connectivity index (χ4n) is 1.46. The Bertz CT molecular complexity index is 168. The Kier molecular flexibility index (Phi) is 9.19. The first-order valence-electron chi connectivity index (χ1n) is 4.72. The summed E-state index contributed by atoms with van der Waals surface area (Å²) in [7, 11) is 0. The van der Waals surface area contributed by atoms with Crippen molar-refractivity contribution in [2.45, 2.75) is 46.6 Å². The third-order valence-electron chi connectivity index (χ3n) is 2.52. The molecular formula is C10H21NOSm. The molecule has 0 aliphatic rings. The standard InChI is InChI=1S/C10H21NO.Sm/c1-6-10(12,8(3)4)9(5)11-7-2;/h8,12H,6-7H2,1-5H3;. The molecule has 0 spiro atoms. The van der Waals surface area contributed by atoms with Crippen LogP contribution in [0.1, 0.15) is 41.0 Å². The van der Waals surface area contributed by atoms with Crippen molar-refractivity contribution in [1.29, 1.82) is 0 Å². The number of aliphatic hydroxyl groups is 1. The van der Waals surface area contributed by atoms with E-state index >= 15 is 0 Å². The molecule has 1 atom stereocenters. The van der Waals surface area contributed by atoms with Crippen molar-refractivity contribution in [1.82, 2.24) is 0 Å². The van der Waals surface area contributed by atoms with Crippen LogP contribution in [0, 0.1) is 46.3 Å². The van der Waals surface area contributed by atoms with E-state index in [2.05, 4.69) is 4.99 Å². The first-order valence-corrected chi connectivity index (χ1v) is 4.72. The molecule has 1 unspecified atom stereocenters. The molecular weight excluding hydrogens is 300 g/mol. The molecule has 2 nitrogen and oxygen atoms in total. The van der Waals surface area contributed by atoms with Crippen molar-refractivity contribution >= 4 is 5.71 Å². The van der Waals surface area contributed by atoms with E-state index in [9.17, 15) is 5.11 Å². The zero-order chi connectivity index (χ0) is 9.78. The fraction of sp³-hybridized carbons (Fsp3) is 0.900. The van der Waals surface area contributed by atoms with Gasteiger partial charge in [-0.1, -0.05) is 20.8 Å². The van der Waals surface area contributed by atoms with Crippen LogP contribution in [0.4, 0.5) is 0 Å². The average Bonchev–Trinajstić information content (AvgIpc) is 2.03. The molecule has 0 saturated carbocycles. The summed E-state index contributed by atoms with van der Waals surface area (Å²) in [5.41, 5.74) is 0.165. The van der Waals surface area contributed by atoms with Gasteiger partial charge in [0.2, 0.25) is 0 Å². The van der Waals surface area contributed by atoms with E-state index in [0.29, 0.717) is 0 Å². The van der Waals surface area contributed by atoms with Gasteiger partial charge in [-0.3, -0.25) is 4.99 Å². The maximum Gasteiger partial charge on any atom is 0.104 e. The predicted octanol–water partition coefficient (Wildman–Crippen LogP) is 2.26. The summed E-state index contributed by atoms with van der Waals surface area (Å²) in [6, 6.07) is 0. The van der Waals surface area contributed by atoms with E-state index in [0.717, 1.165) is 18.7 Å². The van der Waals surface area contributed by atoms with Crippen LogP contribution in [0.5, 0.6) is 0 Å². The van der Waals surface area contributed by atoms with Crippen LogP contribution in [0.15, 0.2) is 4.99 Å². The minimum atomic E-state index is -0.698. The van der Waals surface area contributed by atoms with Gasteiger partial charge in [0, 0.05) is 52.6 Å². The number of aliphatic imine (C=N–C) groups is 1.